The molecule has 1 aromatic heterocycles. The fourth-order valence-electron chi connectivity index (χ4n) is 2.00. The average molecular weight is 251 g/mol. The summed E-state index contributed by atoms with van der Waals surface area (Å²) in [6.45, 7) is 0. The van der Waals surface area contributed by atoms with Crippen LogP contribution in [0.25, 0.3) is 0 Å². The monoisotopic (exact) mass is 251 g/mol. The third-order valence-corrected chi connectivity index (χ3v) is 3.06. The Morgan fingerprint density at radius 3 is 2.56 bits per heavy atom. The molecule has 1 amide bonds. The predicted octanol–water partition coefficient (Wildman–Crippen LogP) is -0.204. The van der Waals surface area contributed by atoms with E-state index in [1.807, 2.05) is 0 Å². The van der Waals surface area contributed by atoms with Crippen molar-refractivity contribution < 1.29 is 9.90 Å². The van der Waals surface area contributed by atoms with Crippen molar-refractivity contribution in [3.8, 4) is 0 Å². The maximum atomic E-state index is 11.9. The lowest BCUT2D eigenvalue weighted by Crippen LogP contribution is -2.38. The van der Waals surface area contributed by atoms with Gasteiger partial charge in [0.2, 0.25) is 0 Å². The van der Waals surface area contributed by atoms with E-state index >= 15 is 0 Å². The first-order valence-corrected chi connectivity index (χ1v) is 5.96. The highest BCUT2D eigenvalue weighted by Crippen LogP contribution is 2.18. The molecule has 1 aliphatic carbocycles. The highest BCUT2D eigenvalue weighted by Gasteiger charge is 2.21. The maximum Gasteiger partial charge on any atom is 0.271 e. The Labute approximate surface area is 105 Å². The van der Waals surface area contributed by atoms with Gasteiger partial charge < -0.3 is 15.8 Å². The average Bonchev–Trinajstić information content (AvgIpc) is 2.41. The van der Waals surface area contributed by atoms with Crippen molar-refractivity contribution in [2.24, 2.45) is 5.84 Å². The van der Waals surface area contributed by atoms with Gasteiger partial charge in [-0.25, -0.2) is 15.8 Å². The number of nitrogens with one attached hydrogen (secondary N) is 2. The Morgan fingerprint density at radius 2 is 2.00 bits per heavy atom. The Morgan fingerprint density at radius 1 is 1.28 bits per heavy atom. The molecule has 0 saturated heterocycles. The summed E-state index contributed by atoms with van der Waals surface area (Å²) in [7, 11) is 0. The van der Waals surface area contributed by atoms with Crippen LogP contribution < -0.4 is 16.6 Å². The highest BCUT2D eigenvalue weighted by molar-refractivity contribution is 5.92. The summed E-state index contributed by atoms with van der Waals surface area (Å²) in [4.78, 5) is 19.8. The van der Waals surface area contributed by atoms with Gasteiger partial charge in [-0.1, -0.05) is 0 Å². The number of carbonyl (C=O) groups is 1. The van der Waals surface area contributed by atoms with E-state index in [2.05, 4.69) is 20.7 Å². The third kappa shape index (κ3) is 3.14. The van der Waals surface area contributed by atoms with Gasteiger partial charge >= 0.3 is 0 Å². The predicted molar refractivity (Wildman–Crippen MR) is 65.6 cm³/mol. The number of nitrogens with zero attached hydrogens (tertiary/aromatic N) is 2. The number of amides is 1. The van der Waals surface area contributed by atoms with Gasteiger partial charge in [0.1, 0.15) is 5.69 Å². The van der Waals surface area contributed by atoms with Crippen LogP contribution in [-0.4, -0.2) is 33.1 Å². The molecule has 98 valence electrons. The number of anilines is 1. The van der Waals surface area contributed by atoms with Gasteiger partial charge in [0.25, 0.3) is 5.91 Å². The number of nitrogens with two attached hydrogens (primary N) is 1. The molecule has 0 aliphatic heterocycles. The Hall–Kier alpha value is -1.73. The summed E-state index contributed by atoms with van der Waals surface area (Å²) in [6.07, 6.45) is 5.60. The second-order valence-corrected chi connectivity index (χ2v) is 4.41. The van der Waals surface area contributed by atoms with Crippen LogP contribution in [0.2, 0.25) is 0 Å². The molecule has 0 unspecified atom stereocenters. The van der Waals surface area contributed by atoms with E-state index in [9.17, 15) is 9.90 Å². The quantitative estimate of drug-likeness (QED) is 0.437. The number of aliphatic hydroxyl groups is 1. The maximum absolute atomic E-state index is 11.9. The largest absolute Gasteiger partial charge is 0.393 e. The standard InChI is InChI=1S/C11H17N5O2/c12-16-10-6-13-9(5-14-10)11(18)15-7-1-3-8(17)4-2-7/h5-8,17H,1-4,12H2,(H,14,16)(H,15,18). The van der Waals surface area contributed by atoms with Gasteiger partial charge in [-0.2, -0.15) is 0 Å². The first kappa shape index (κ1) is 12.7. The van der Waals surface area contributed by atoms with E-state index in [0.29, 0.717) is 5.82 Å². The van der Waals surface area contributed by atoms with E-state index in [1.54, 1.807) is 0 Å². The van der Waals surface area contributed by atoms with Gasteiger partial charge in [-0.15, -0.1) is 0 Å². The minimum Gasteiger partial charge on any atom is -0.393 e. The minimum absolute atomic E-state index is 0.106. The number of hydrogen-bond acceptors (Lipinski definition) is 6. The van der Waals surface area contributed by atoms with Crippen molar-refractivity contribution in [2.45, 2.75) is 37.8 Å². The minimum atomic E-state index is -0.243. The van der Waals surface area contributed by atoms with E-state index in [1.165, 1.54) is 12.4 Å². The number of hydrogen-bond donors (Lipinski definition) is 4. The number of aromatic nitrogens is 2. The second kappa shape index (κ2) is 5.74. The Bertz CT molecular complexity index is 400. The first-order valence-electron chi connectivity index (χ1n) is 5.96. The molecule has 0 aromatic carbocycles. The lowest BCUT2D eigenvalue weighted by molar-refractivity contribution is 0.0863. The smallest absolute Gasteiger partial charge is 0.271 e. The van der Waals surface area contributed by atoms with Crippen LogP contribution in [0.5, 0.6) is 0 Å². The molecule has 1 saturated carbocycles. The van der Waals surface area contributed by atoms with Gasteiger partial charge in [-0.3, -0.25) is 4.79 Å². The van der Waals surface area contributed by atoms with Gasteiger partial charge in [0, 0.05) is 6.04 Å². The van der Waals surface area contributed by atoms with Crippen LogP contribution in [0.3, 0.4) is 0 Å². The molecule has 5 N–H and O–H groups in total. The summed E-state index contributed by atoms with van der Waals surface area (Å²) in [5.74, 6) is 5.33. The summed E-state index contributed by atoms with van der Waals surface area (Å²) in [5, 5.41) is 12.3. The number of nitrogen functional groups attached to an aromatic ring is 1. The molecular formula is C11H17N5O2. The lowest BCUT2D eigenvalue weighted by Gasteiger charge is -2.25. The lowest BCUT2D eigenvalue weighted by atomic mass is 9.93. The van der Waals surface area contributed by atoms with Crippen molar-refractivity contribution >= 4 is 11.7 Å². The van der Waals surface area contributed by atoms with Crippen LogP contribution in [0.1, 0.15) is 36.2 Å². The molecule has 7 nitrogen and oxygen atoms in total. The molecule has 2 rings (SSSR count). The molecule has 1 aliphatic rings. The second-order valence-electron chi connectivity index (χ2n) is 4.41. The molecule has 1 fully saturated rings. The number of rotatable bonds is 3. The van der Waals surface area contributed by atoms with Gasteiger partial charge in [0.15, 0.2) is 5.82 Å². The van der Waals surface area contributed by atoms with Crippen LogP contribution in [0, 0.1) is 0 Å². The first-order chi connectivity index (χ1) is 8.69. The van der Waals surface area contributed by atoms with Crippen molar-refractivity contribution in [1.82, 2.24) is 15.3 Å². The molecule has 0 radical (unpaired) electrons. The van der Waals surface area contributed by atoms with Crippen molar-refractivity contribution in [1.29, 1.82) is 0 Å². The zero-order chi connectivity index (χ0) is 13.0. The summed E-state index contributed by atoms with van der Waals surface area (Å²) < 4.78 is 0. The normalized spacial score (nSPS) is 23.4. The third-order valence-electron chi connectivity index (χ3n) is 3.06. The van der Waals surface area contributed by atoms with Crippen LogP contribution in [0.4, 0.5) is 5.82 Å². The fraction of sp³-hybridized carbons (Fsp3) is 0.545. The Balaban J connectivity index is 1.90. The fourth-order valence-corrected chi connectivity index (χ4v) is 2.00. The van der Waals surface area contributed by atoms with E-state index < -0.39 is 0 Å². The topological polar surface area (TPSA) is 113 Å². The van der Waals surface area contributed by atoms with Crippen LogP contribution in [0.15, 0.2) is 12.4 Å². The molecule has 7 heteroatoms. The molecule has 1 aromatic rings. The number of aliphatic hydroxyl groups excluding tert-OH is 1. The number of hydrazine groups is 1. The van der Waals surface area contributed by atoms with E-state index in [-0.39, 0.29) is 23.7 Å². The molecule has 1 heterocycles. The molecule has 0 atom stereocenters. The zero-order valence-electron chi connectivity index (χ0n) is 9.97. The zero-order valence-corrected chi connectivity index (χ0v) is 9.97. The molecule has 18 heavy (non-hydrogen) atoms. The van der Waals surface area contributed by atoms with Crippen LogP contribution in [-0.2, 0) is 0 Å². The van der Waals surface area contributed by atoms with Crippen LogP contribution >= 0.6 is 0 Å². The SMILES string of the molecule is NNc1cnc(C(=O)NC2CCC(O)CC2)cn1. The highest BCUT2D eigenvalue weighted by atomic mass is 16.3. The summed E-state index contributed by atoms with van der Waals surface area (Å²) in [5.41, 5.74) is 2.61. The molecular weight excluding hydrogens is 234 g/mol. The van der Waals surface area contributed by atoms with Gasteiger partial charge in [-0.05, 0) is 25.7 Å². The molecule has 0 bridgehead atoms. The van der Waals surface area contributed by atoms with E-state index in [0.717, 1.165) is 25.7 Å². The van der Waals surface area contributed by atoms with Crippen molar-refractivity contribution in [3.63, 3.8) is 0 Å². The molecule has 0 spiro atoms. The summed E-state index contributed by atoms with van der Waals surface area (Å²) in [6, 6.07) is 0.106. The number of carbonyl (C=O) groups excluding carboxylic acids is 1. The van der Waals surface area contributed by atoms with Crippen molar-refractivity contribution in [2.75, 3.05) is 5.43 Å². The van der Waals surface area contributed by atoms with Gasteiger partial charge in [0.05, 0.1) is 18.5 Å². The van der Waals surface area contributed by atoms with E-state index in [4.69, 9.17) is 5.84 Å². The Kier molecular flexibility index (Phi) is 4.06. The summed E-state index contributed by atoms with van der Waals surface area (Å²) >= 11 is 0. The van der Waals surface area contributed by atoms with Crippen molar-refractivity contribution in [3.05, 3.63) is 18.1 Å².